The van der Waals surface area contributed by atoms with Gasteiger partial charge >= 0.3 is 0 Å². The largest absolute Gasteiger partial charge is 0.493 e. The Kier molecular flexibility index (Phi) is 5.02. The second-order valence-corrected chi connectivity index (χ2v) is 4.69. The van der Waals surface area contributed by atoms with E-state index in [0.717, 1.165) is 22.6 Å². The van der Waals surface area contributed by atoms with Crippen molar-refractivity contribution in [3.8, 4) is 11.5 Å². The van der Waals surface area contributed by atoms with Gasteiger partial charge in [-0.15, -0.1) is 0 Å². The molecular weight excluding hydrogens is 250 g/mol. The zero-order chi connectivity index (χ0) is 14.4. The maximum Gasteiger partial charge on any atom is 0.125 e. The maximum absolute atomic E-state index is 5.93. The minimum absolute atomic E-state index is 0.00107. The molecule has 0 heterocycles. The highest BCUT2D eigenvalue weighted by Gasteiger charge is 2.08. The Labute approximate surface area is 120 Å². The van der Waals surface area contributed by atoms with Crippen LogP contribution in [0.1, 0.15) is 31.0 Å². The van der Waals surface area contributed by atoms with Gasteiger partial charge in [-0.3, -0.25) is 0 Å². The van der Waals surface area contributed by atoms with Crippen molar-refractivity contribution in [2.75, 3.05) is 6.61 Å². The number of nitrogens with two attached hydrogens (primary N) is 1. The minimum Gasteiger partial charge on any atom is -0.493 e. The molecule has 3 nitrogen and oxygen atoms in total. The molecule has 0 bridgehead atoms. The fourth-order valence-corrected chi connectivity index (χ4v) is 1.97. The lowest BCUT2D eigenvalue weighted by atomic mass is 10.1. The molecule has 0 amide bonds. The molecule has 2 aromatic carbocycles. The fourth-order valence-electron chi connectivity index (χ4n) is 1.97. The van der Waals surface area contributed by atoms with Crippen LogP contribution in [0.15, 0.2) is 48.5 Å². The number of hydrogen-bond acceptors (Lipinski definition) is 3. The SMILES string of the molecule is CCOc1ccc(C(C)N)cc1COc1ccccc1. The van der Waals surface area contributed by atoms with E-state index in [9.17, 15) is 0 Å². The molecule has 106 valence electrons. The van der Waals surface area contributed by atoms with Crippen LogP contribution in [0.4, 0.5) is 0 Å². The molecule has 1 atom stereocenters. The van der Waals surface area contributed by atoms with Crippen molar-refractivity contribution < 1.29 is 9.47 Å². The topological polar surface area (TPSA) is 44.5 Å². The van der Waals surface area contributed by atoms with Crippen molar-refractivity contribution in [1.82, 2.24) is 0 Å². The molecule has 0 aliphatic rings. The van der Waals surface area contributed by atoms with Crippen molar-refractivity contribution in [3.05, 3.63) is 59.7 Å². The quantitative estimate of drug-likeness (QED) is 0.871. The van der Waals surface area contributed by atoms with Crippen molar-refractivity contribution in [1.29, 1.82) is 0 Å². The first-order valence-corrected chi connectivity index (χ1v) is 6.89. The van der Waals surface area contributed by atoms with E-state index in [4.69, 9.17) is 15.2 Å². The molecule has 3 heteroatoms. The van der Waals surface area contributed by atoms with Crippen LogP contribution >= 0.6 is 0 Å². The van der Waals surface area contributed by atoms with E-state index in [1.165, 1.54) is 0 Å². The molecule has 0 spiro atoms. The summed E-state index contributed by atoms with van der Waals surface area (Å²) in [5.74, 6) is 1.70. The van der Waals surface area contributed by atoms with Crippen LogP contribution < -0.4 is 15.2 Å². The normalized spacial score (nSPS) is 11.9. The third kappa shape index (κ3) is 3.75. The average Bonchev–Trinajstić information content (AvgIpc) is 2.47. The molecule has 0 saturated carbocycles. The lowest BCUT2D eigenvalue weighted by Gasteiger charge is -2.14. The monoisotopic (exact) mass is 271 g/mol. The summed E-state index contributed by atoms with van der Waals surface area (Å²) in [5.41, 5.74) is 8.03. The summed E-state index contributed by atoms with van der Waals surface area (Å²) in [6.45, 7) is 5.05. The molecule has 0 saturated heterocycles. The van der Waals surface area contributed by atoms with Crippen molar-refractivity contribution in [2.45, 2.75) is 26.5 Å². The zero-order valence-electron chi connectivity index (χ0n) is 12.0. The Balaban J connectivity index is 2.16. The molecule has 0 aromatic heterocycles. The van der Waals surface area contributed by atoms with E-state index in [0.29, 0.717) is 13.2 Å². The molecular formula is C17H21NO2. The summed E-state index contributed by atoms with van der Waals surface area (Å²) in [4.78, 5) is 0. The van der Waals surface area contributed by atoms with E-state index in [1.54, 1.807) is 0 Å². The number of ether oxygens (including phenoxy) is 2. The molecule has 1 unspecified atom stereocenters. The predicted octanol–water partition coefficient (Wildman–Crippen LogP) is 3.68. The molecule has 0 radical (unpaired) electrons. The molecule has 0 fully saturated rings. The molecule has 0 aliphatic heterocycles. The predicted molar refractivity (Wildman–Crippen MR) is 81.0 cm³/mol. The van der Waals surface area contributed by atoms with E-state index in [1.807, 2.05) is 56.3 Å². The summed E-state index contributed by atoms with van der Waals surface area (Å²) in [6.07, 6.45) is 0. The first kappa shape index (κ1) is 14.4. The summed E-state index contributed by atoms with van der Waals surface area (Å²) in [5, 5.41) is 0. The van der Waals surface area contributed by atoms with Gasteiger partial charge in [0.2, 0.25) is 0 Å². The maximum atomic E-state index is 5.93. The van der Waals surface area contributed by atoms with E-state index in [-0.39, 0.29) is 6.04 Å². The van der Waals surface area contributed by atoms with E-state index >= 15 is 0 Å². The molecule has 2 rings (SSSR count). The van der Waals surface area contributed by atoms with Gasteiger partial charge in [-0.05, 0) is 43.7 Å². The van der Waals surface area contributed by atoms with Crippen molar-refractivity contribution in [3.63, 3.8) is 0 Å². The smallest absolute Gasteiger partial charge is 0.125 e. The third-order valence-corrected chi connectivity index (χ3v) is 3.05. The lowest BCUT2D eigenvalue weighted by Crippen LogP contribution is -2.07. The van der Waals surface area contributed by atoms with Gasteiger partial charge in [0.05, 0.1) is 6.61 Å². The number of para-hydroxylation sites is 1. The highest BCUT2D eigenvalue weighted by Crippen LogP contribution is 2.24. The van der Waals surface area contributed by atoms with Gasteiger partial charge in [-0.1, -0.05) is 24.3 Å². The van der Waals surface area contributed by atoms with Crippen LogP contribution in [0, 0.1) is 0 Å². The number of rotatable bonds is 6. The summed E-state index contributed by atoms with van der Waals surface area (Å²) < 4.78 is 11.4. The van der Waals surface area contributed by atoms with Gasteiger partial charge in [0.1, 0.15) is 18.1 Å². The van der Waals surface area contributed by atoms with Crippen LogP contribution in [0.2, 0.25) is 0 Å². The van der Waals surface area contributed by atoms with E-state index < -0.39 is 0 Å². The average molecular weight is 271 g/mol. The Morgan fingerprint density at radius 1 is 1.05 bits per heavy atom. The number of hydrogen-bond donors (Lipinski definition) is 1. The molecule has 0 aliphatic carbocycles. The summed E-state index contributed by atoms with van der Waals surface area (Å²) in [6, 6.07) is 15.8. The van der Waals surface area contributed by atoms with Crippen LogP contribution in [0.5, 0.6) is 11.5 Å². The minimum atomic E-state index is 0.00107. The highest BCUT2D eigenvalue weighted by atomic mass is 16.5. The Morgan fingerprint density at radius 3 is 2.45 bits per heavy atom. The first-order chi connectivity index (χ1) is 9.70. The molecule has 20 heavy (non-hydrogen) atoms. The van der Waals surface area contributed by atoms with E-state index in [2.05, 4.69) is 6.07 Å². The Bertz CT molecular complexity index is 538. The van der Waals surface area contributed by atoms with Gasteiger partial charge in [0.15, 0.2) is 0 Å². The third-order valence-electron chi connectivity index (χ3n) is 3.05. The van der Waals surface area contributed by atoms with Gasteiger partial charge in [0.25, 0.3) is 0 Å². The zero-order valence-corrected chi connectivity index (χ0v) is 12.0. The second-order valence-electron chi connectivity index (χ2n) is 4.69. The summed E-state index contributed by atoms with van der Waals surface area (Å²) >= 11 is 0. The number of benzene rings is 2. The lowest BCUT2D eigenvalue weighted by molar-refractivity contribution is 0.286. The Morgan fingerprint density at radius 2 is 1.80 bits per heavy atom. The first-order valence-electron chi connectivity index (χ1n) is 6.89. The van der Waals surface area contributed by atoms with Gasteiger partial charge < -0.3 is 15.2 Å². The van der Waals surface area contributed by atoms with Crippen molar-refractivity contribution >= 4 is 0 Å². The van der Waals surface area contributed by atoms with Gasteiger partial charge in [-0.2, -0.15) is 0 Å². The van der Waals surface area contributed by atoms with Crippen LogP contribution in [0.25, 0.3) is 0 Å². The summed E-state index contributed by atoms with van der Waals surface area (Å²) in [7, 11) is 0. The van der Waals surface area contributed by atoms with Crippen LogP contribution in [0.3, 0.4) is 0 Å². The Hall–Kier alpha value is -2.00. The van der Waals surface area contributed by atoms with Crippen LogP contribution in [-0.2, 0) is 6.61 Å². The van der Waals surface area contributed by atoms with Crippen molar-refractivity contribution in [2.24, 2.45) is 5.73 Å². The fraction of sp³-hybridized carbons (Fsp3) is 0.294. The van der Waals surface area contributed by atoms with Gasteiger partial charge in [0, 0.05) is 11.6 Å². The highest BCUT2D eigenvalue weighted by molar-refractivity contribution is 5.38. The molecule has 2 N–H and O–H groups in total. The second kappa shape index (κ2) is 6.96. The van der Waals surface area contributed by atoms with Gasteiger partial charge in [-0.25, -0.2) is 0 Å². The van der Waals surface area contributed by atoms with Crippen LogP contribution in [-0.4, -0.2) is 6.61 Å². The molecule has 2 aromatic rings. The standard InChI is InChI=1S/C17H21NO2/c1-3-19-17-10-9-14(13(2)18)11-15(17)12-20-16-7-5-4-6-8-16/h4-11,13H,3,12,18H2,1-2H3.